The van der Waals surface area contributed by atoms with Gasteiger partial charge in [0.15, 0.2) is 5.82 Å². The van der Waals surface area contributed by atoms with Gasteiger partial charge in [0.25, 0.3) is 0 Å². The van der Waals surface area contributed by atoms with Crippen LogP contribution in [0.4, 0.5) is 20.5 Å². The molecule has 3 aliphatic heterocycles. The van der Waals surface area contributed by atoms with Crippen molar-refractivity contribution >= 4 is 40.2 Å². The van der Waals surface area contributed by atoms with E-state index in [1.54, 1.807) is 4.90 Å². The van der Waals surface area contributed by atoms with Gasteiger partial charge in [-0.25, -0.2) is 13.8 Å². The van der Waals surface area contributed by atoms with Crippen LogP contribution >= 0.6 is 11.6 Å². The number of anilines is 2. The van der Waals surface area contributed by atoms with Crippen LogP contribution in [0.1, 0.15) is 20.3 Å². The van der Waals surface area contributed by atoms with E-state index in [1.807, 2.05) is 23.6 Å². The Morgan fingerprint density at radius 2 is 1.93 bits per heavy atom. The van der Waals surface area contributed by atoms with Crippen LogP contribution in [-0.4, -0.2) is 88.2 Å². The number of hydrogen-bond donors (Lipinski definition) is 1. The number of aromatic nitrogens is 2. The van der Waals surface area contributed by atoms with Gasteiger partial charge in [-0.1, -0.05) is 24.2 Å². The number of rotatable bonds is 4. The molecule has 1 amide bonds. The average molecular weight is 569 g/mol. The number of carbonyl (C=O) groups is 1. The number of nitrogens with zero attached hydrogens (tertiary/aromatic N) is 6. The molecule has 3 aromatic rings. The first-order chi connectivity index (χ1) is 19.0. The van der Waals surface area contributed by atoms with Gasteiger partial charge < -0.3 is 19.8 Å². The normalized spacial score (nSPS) is 22.4. The number of phenolic OH excluding ortho intramolecular Hbond substituents is 1. The molecular formula is C29H31ClF2N6O2. The third-order valence-corrected chi connectivity index (χ3v) is 9.08. The second kappa shape index (κ2) is 9.55. The zero-order valence-electron chi connectivity index (χ0n) is 22.7. The molecule has 3 saturated heterocycles. The second-order valence-corrected chi connectivity index (χ2v) is 11.6. The molecule has 0 radical (unpaired) electrons. The second-order valence-electron chi connectivity index (χ2n) is 11.2. The molecule has 210 valence electrons. The number of carbonyl (C=O) groups excluding carboxylic acids is 1. The maximum atomic E-state index is 16.4. The summed E-state index contributed by atoms with van der Waals surface area (Å²) in [6.07, 6.45) is 2.39. The van der Waals surface area contributed by atoms with Crippen LogP contribution in [0.15, 0.2) is 36.9 Å². The maximum Gasteiger partial charge on any atom is 0.246 e. The van der Waals surface area contributed by atoms with Crippen LogP contribution in [-0.2, 0) is 4.79 Å². The highest BCUT2D eigenvalue weighted by Crippen LogP contribution is 2.45. The predicted octanol–water partition coefficient (Wildman–Crippen LogP) is 4.44. The Hall–Kier alpha value is -3.50. The molecule has 4 heterocycles. The van der Waals surface area contributed by atoms with Crippen molar-refractivity contribution in [1.82, 2.24) is 19.8 Å². The molecule has 11 heteroatoms. The predicted molar refractivity (Wildman–Crippen MR) is 152 cm³/mol. The molecule has 3 fully saturated rings. The Bertz CT molecular complexity index is 1520. The lowest BCUT2D eigenvalue weighted by atomic mass is 9.78. The van der Waals surface area contributed by atoms with Gasteiger partial charge in [0.1, 0.15) is 22.9 Å². The molecule has 0 bridgehead atoms. The zero-order valence-corrected chi connectivity index (χ0v) is 23.4. The number of phenols is 1. The summed E-state index contributed by atoms with van der Waals surface area (Å²) in [7, 11) is 2.09. The van der Waals surface area contributed by atoms with Crippen LogP contribution in [0.3, 0.4) is 0 Å². The van der Waals surface area contributed by atoms with E-state index in [0.717, 1.165) is 32.1 Å². The first-order valence-electron chi connectivity index (χ1n) is 13.4. The number of likely N-dealkylation sites (N-methyl/N-ethyl adjacent to an activating group) is 1. The number of hydrogen-bond acceptors (Lipinski definition) is 7. The van der Waals surface area contributed by atoms with Crippen LogP contribution < -0.4 is 9.80 Å². The van der Waals surface area contributed by atoms with Gasteiger partial charge in [-0.3, -0.25) is 9.69 Å². The quantitative estimate of drug-likeness (QED) is 0.466. The molecule has 1 aromatic heterocycles. The minimum Gasteiger partial charge on any atom is -0.507 e. The summed E-state index contributed by atoms with van der Waals surface area (Å²) >= 11 is 6.60. The van der Waals surface area contributed by atoms with Gasteiger partial charge in [0.2, 0.25) is 11.9 Å². The van der Waals surface area contributed by atoms with E-state index >= 15 is 4.39 Å². The fourth-order valence-corrected chi connectivity index (χ4v) is 6.51. The summed E-state index contributed by atoms with van der Waals surface area (Å²) in [5.74, 6) is -1.31. The van der Waals surface area contributed by atoms with Crippen molar-refractivity contribution in [1.29, 1.82) is 0 Å². The SMILES string of the molecule is C=CC(=O)N1C[C@H](C)N(c2nc(N3CC4(CCN4C)C3)nc3c(F)c(-c4c(O)cccc4F)c(Cl)cc23)C[C@H]1C. The topological polar surface area (TPSA) is 76.0 Å². The molecule has 3 aliphatic rings. The molecule has 1 N–H and O–H groups in total. The number of likely N-dealkylation sites (tertiary alicyclic amines) is 1. The van der Waals surface area contributed by atoms with E-state index in [2.05, 4.69) is 23.5 Å². The molecule has 0 aliphatic carbocycles. The van der Waals surface area contributed by atoms with Gasteiger partial charge >= 0.3 is 0 Å². The molecular weight excluding hydrogens is 538 g/mol. The first-order valence-corrected chi connectivity index (χ1v) is 13.8. The van der Waals surface area contributed by atoms with Crippen LogP contribution in [0, 0.1) is 11.6 Å². The van der Waals surface area contributed by atoms with Gasteiger partial charge in [-0.15, -0.1) is 0 Å². The number of amides is 1. The monoisotopic (exact) mass is 568 g/mol. The molecule has 0 saturated carbocycles. The number of piperazine rings is 1. The van der Waals surface area contributed by atoms with Crippen molar-refractivity contribution in [3.05, 3.63) is 53.6 Å². The minimum absolute atomic E-state index is 0.00517. The van der Waals surface area contributed by atoms with Gasteiger partial charge in [0.05, 0.1) is 16.1 Å². The first kappa shape index (κ1) is 26.7. The molecule has 8 nitrogen and oxygen atoms in total. The standard InChI is InChI=1S/C29H31ClF2N6O2/c1-5-22(40)37-12-17(3)38(13-16(37)2)27-18-11-19(30)23(24-20(31)7-6-8-21(24)39)25(32)26(18)33-28(34-27)36-14-29(15-36)9-10-35(29)4/h5-8,11,16-17,39H,1,9-10,12-15H2,2-4H3/t16-,17+/m1/s1. The number of fused-ring (bicyclic) bond motifs is 1. The van der Waals surface area contributed by atoms with Gasteiger partial charge in [-0.2, -0.15) is 4.98 Å². The van der Waals surface area contributed by atoms with Crippen LogP contribution in [0.25, 0.3) is 22.0 Å². The highest BCUT2D eigenvalue weighted by atomic mass is 35.5. The Morgan fingerprint density at radius 3 is 2.55 bits per heavy atom. The van der Waals surface area contributed by atoms with Crippen LogP contribution in [0.2, 0.25) is 5.02 Å². The molecule has 2 atom stereocenters. The number of halogens is 3. The fourth-order valence-electron chi connectivity index (χ4n) is 6.22. The number of benzene rings is 2. The van der Waals surface area contributed by atoms with Crippen molar-refractivity contribution < 1.29 is 18.7 Å². The lowest BCUT2D eigenvalue weighted by molar-refractivity contribution is -0.128. The molecule has 6 rings (SSSR count). The van der Waals surface area contributed by atoms with E-state index in [0.29, 0.717) is 30.2 Å². The van der Waals surface area contributed by atoms with E-state index in [4.69, 9.17) is 16.6 Å². The highest BCUT2D eigenvalue weighted by Gasteiger charge is 2.52. The number of aromatic hydroxyl groups is 1. The van der Waals surface area contributed by atoms with Gasteiger partial charge in [-0.05, 0) is 51.6 Å². The third kappa shape index (κ3) is 3.99. The van der Waals surface area contributed by atoms with E-state index in [-0.39, 0.29) is 45.2 Å². The molecule has 0 unspecified atom stereocenters. The summed E-state index contributed by atoms with van der Waals surface area (Å²) < 4.78 is 31.3. The smallest absolute Gasteiger partial charge is 0.246 e. The molecule has 40 heavy (non-hydrogen) atoms. The fraction of sp³-hybridized carbons (Fsp3) is 0.414. The Balaban J connectivity index is 1.51. The summed E-state index contributed by atoms with van der Waals surface area (Å²) in [6, 6.07) is 5.01. The third-order valence-electron chi connectivity index (χ3n) is 8.78. The average Bonchev–Trinajstić information content (AvgIpc) is 2.89. The minimum atomic E-state index is -0.829. The van der Waals surface area contributed by atoms with Crippen molar-refractivity contribution in [3.8, 4) is 16.9 Å². The lowest BCUT2D eigenvalue weighted by Gasteiger charge is -2.61. The highest BCUT2D eigenvalue weighted by molar-refractivity contribution is 6.34. The largest absolute Gasteiger partial charge is 0.507 e. The van der Waals surface area contributed by atoms with Crippen molar-refractivity contribution in [2.75, 3.05) is 49.6 Å². The summed E-state index contributed by atoms with van der Waals surface area (Å²) in [6.45, 7) is 10.9. The van der Waals surface area contributed by atoms with E-state index in [9.17, 15) is 14.3 Å². The molecule has 1 spiro atoms. The van der Waals surface area contributed by atoms with E-state index < -0.39 is 17.4 Å². The lowest BCUT2D eigenvalue weighted by Crippen LogP contribution is -2.76. The Morgan fingerprint density at radius 1 is 1.18 bits per heavy atom. The Labute approximate surface area is 236 Å². The van der Waals surface area contributed by atoms with Gasteiger partial charge in [0, 0.05) is 55.8 Å². The van der Waals surface area contributed by atoms with Crippen molar-refractivity contribution in [2.45, 2.75) is 37.9 Å². The summed E-state index contributed by atoms with van der Waals surface area (Å²) in [5.41, 5.74) is -0.484. The Kier molecular flexibility index (Phi) is 6.38. The summed E-state index contributed by atoms with van der Waals surface area (Å²) in [4.78, 5) is 30.2. The van der Waals surface area contributed by atoms with Crippen molar-refractivity contribution in [2.24, 2.45) is 0 Å². The maximum absolute atomic E-state index is 16.4. The van der Waals surface area contributed by atoms with Crippen LogP contribution in [0.5, 0.6) is 5.75 Å². The summed E-state index contributed by atoms with van der Waals surface area (Å²) in [5, 5.41) is 10.7. The zero-order chi connectivity index (χ0) is 28.5. The van der Waals surface area contributed by atoms with E-state index in [1.165, 1.54) is 24.3 Å². The van der Waals surface area contributed by atoms with Crippen molar-refractivity contribution in [3.63, 3.8) is 0 Å². The molecule has 2 aromatic carbocycles.